The van der Waals surface area contributed by atoms with Gasteiger partial charge in [-0.25, -0.2) is 0 Å². The molecule has 9 nitrogen and oxygen atoms in total. The van der Waals surface area contributed by atoms with E-state index in [0.717, 1.165) is 0 Å². The molecule has 1 aromatic rings. The van der Waals surface area contributed by atoms with Crippen molar-refractivity contribution in [1.29, 1.82) is 0 Å². The van der Waals surface area contributed by atoms with Crippen LogP contribution in [0.2, 0.25) is 0 Å². The Hall–Kier alpha value is -2.00. The van der Waals surface area contributed by atoms with E-state index in [0.29, 0.717) is 26.2 Å². The molecular weight excluding hydrogens is 276 g/mol. The van der Waals surface area contributed by atoms with Gasteiger partial charge in [-0.3, -0.25) is 14.3 Å². The van der Waals surface area contributed by atoms with Crippen molar-refractivity contribution < 1.29 is 14.3 Å². The number of carbonyl (C=O) groups excluding carboxylic acids is 2. The lowest BCUT2D eigenvalue weighted by Gasteiger charge is -2.22. The normalized spacial score (nSPS) is 10.5. The summed E-state index contributed by atoms with van der Waals surface area (Å²) in [6.45, 7) is 1.50. The standard InChI is InChI=1S/C12H22N6O3/c1-16(2)11(19)9-17(6-7-21-3)12(20)10-8-18(5-4-13)15-14-10/h8H,4-7,9,13H2,1-3H3. The fraction of sp³-hybridized carbons (Fsp3) is 0.667. The monoisotopic (exact) mass is 298 g/mol. The van der Waals surface area contributed by atoms with Gasteiger partial charge in [0.25, 0.3) is 5.91 Å². The third kappa shape index (κ3) is 5.12. The van der Waals surface area contributed by atoms with E-state index in [1.165, 1.54) is 27.8 Å². The molecular formula is C12H22N6O3. The van der Waals surface area contributed by atoms with E-state index in [1.807, 2.05) is 0 Å². The molecule has 1 rings (SSSR count). The highest BCUT2D eigenvalue weighted by Gasteiger charge is 2.22. The van der Waals surface area contributed by atoms with Crippen molar-refractivity contribution in [3.05, 3.63) is 11.9 Å². The molecule has 0 saturated heterocycles. The topological polar surface area (TPSA) is 107 Å². The van der Waals surface area contributed by atoms with Crippen LogP contribution in [0.1, 0.15) is 10.5 Å². The number of amides is 2. The zero-order chi connectivity index (χ0) is 15.8. The van der Waals surface area contributed by atoms with E-state index in [1.54, 1.807) is 14.1 Å². The van der Waals surface area contributed by atoms with E-state index in [9.17, 15) is 9.59 Å². The summed E-state index contributed by atoms with van der Waals surface area (Å²) in [6, 6.07) is 0. The van der Waals surface area contributed by atoms with E-state index in [4.69, 9.17) is 10.5 Å². The van der Waals surface area contributed by atoms with Crippen LogP contribution in [-0.4, -0.2) is 84.1 Å². The van der Waals surface area contributed by atoms with E-state index in [-0.39, 0.29) is 24.1 Å². The Kier molecular flexibility index (Phi) is 6.76. The second kappa shape index (κ2) is 8.32. The van der Waals surface area contributed by atoms with Gasteiger partial charge in [0.2, 0.25) is 5.91 Å². The van der Waals surface area contributed by atoms with Crippen LogP contribution >= 0.6 is 0 Å². The van der Waals surface area contributed by atoms with Gasteiger partial charge in [0.15, 0.2) is 5.69 Å². The molecule has 0 saturated carbocycles. The van der Waals surface area contributed by atoms with Crippen molar-refractivity contribution in [2.75, 3.05) is 47.4 Å². The molecule has 21 heavy (non-hydrogen) atoms. The van der Waals surface area contributed by atoms with Gasteiger partial charge in [0.1, 0.15) is 6.54 Å². The van der Waals surface area contributed by atoms with Crippen LogP contribution in [0.3, 0.4) is 0 Å². The van der Waals surface area contributed by atoms with Crippen LogP contribution in [0.25, 0.3) is 0 Å². The summed E-state index contributed by atoms with van der Waals surface area (Å²) in [5, 5.41) is 7.63. The third-order valence-corrected chi connectivity index (χ3v) is 2.79. The summed E-state index contributed by atoms with van der Waals surface area (Å²) >= 11 is 0. The Bertz CT molecular complexity index is 473. The fourth-order valence-electron chi connectivity index (χ4n) is 1.56. The molecule has 118 valence electrons. The van der Waals surface area contributed by atoms with Crippen LogP contribution in [-0.2, 0) is 16.1 Å². The largest absolute Gasteiger partial charge is 0.383 e. The maximum absolute atomic E-state index is 12.4. The Morgan fingerprint density at radius 2 is 2.14 bits per heavy atom. The maximum Gasteiger partial charge on any atom is 0.276 e. The molecule has 1 aromatic heterocycles. The molecule has 0 aromatic carbocycles. The summed E-state index contributed by atoms with van der Waals surface area (Å²) in [6.07, 6.45) is 1.52. The van der Waals surface area contributed by atoms with E-state index < -0.39 is 0 Å². The number of likely N-dealkylation sites (N-methyl/N-ethyl adjacent to an activating group) is 1. The highest BCUT2D eigenvalue weighted by molar-refractivity contribution is 5.94. The highest BCUT2D eigenvalue weighted by atomic mass is 16.5. The molecule has 0 bridgehead atoms. The Morgan fingerprint density at radius 1 is 1.43 bits per heavy atom. The Morgan fingerprint density at radius 3 is 2.71 bits per heavy atom. The number of aromatic nitrogens is 3. The van der Waals surface area contributed by atoms with Gasteiger partial charge in [0, 0.05) is 34.3 Å². The van der Waals surface area contributed by atoms with Crippen molar-refractivity contribution in [2.24, 2.45) is 5.73 Å². The minimum atomic E-state index is -0.356. The summed E-state index contributed by atoms with van der Waals surface area (Å²) in [5.41, 5.74) is 5.61. The van der Waals surface area contributed by atoms with Crippen LogP contribution in [0.5, 0.6) is 0 Å². The van der Waals surface area contributed by atoms with Gasteiger partial charge >= 0.3 is 0 Å². The van der Waals surface area contributed by atoms with Crippen molar-refractivity contribution in [1.82, 2.24) is 24.8 Å². The zero-order valence-electron chi connectivity index (χ0n) is 12.7. The predicted octanol–water partition coefficient (Wildman–Crippen LogP) is -1.59. The van der Waals surface area contributed by atoms with Gasteiger partial charge in [-0.15, -0.1) is 5.10 Å². The molecule has 2 amide bonds. The smallest absolute Gasteiger partial charge is 0.276 e. The van der Waals surface area contributed by atoms with Crippen molar-refractivity contribution >= 4 is 11.8 Å². The van der Waals surface area contributed by atoms with Crippen LogP contribution in [0.15, 0.2) is 6.20 Å². The molecule has 0 radical (unpaired) electrons. The summed E-state index contributed by atoms with van der Waals surface area (Å²) in [7, 11) is 4.81. The van der Waals surface area contributed by atoms with Crippen LogP contribution < -0.4 is 5.73 Å². The molecule has 0 atom stereocenters. The first-order valence-electron chi connectivity index (χ1n) is 6.58. The summed E-state index contributed by atoms with van der Waals surface area (Å²) in [4.78, 5) is 27.0. The van der Waals surface area contributed by atoms with Crippen molar-refractivity contribution in [3.8, 4) is 0 Å². The average molecular weight is 298 g/mol. The van der Waals surface area contributed by atoms with Gasteiger partial charge < -0.3 is 20.3 Å². The lowest BCUT2D eigenvalue weighted by atomic mass is 10.3. The van der Waals surface area contributed by atoms with E-state index in [2.05, 4.69) is 10.3 Å². The van der Waals surface area contributed by atoms with Gasteiger partial charge in [-0.2, -0.15) is 0 Å². The maximum atomic E-state index is 12.4. The number of carbonyl (C=O) groups is 2. The number of methoxy groups -OCH3 is 1. The van der Waals surface area contributed by atoms with Gasteiger partial charge in [0.05, 0.1) is 19.3 Å². The first-order chi connectivity index (χ1) is 9.99. The van der Waals surface area contributed by atoms with Crippen molar-refractivity contribution in [2.45, 2.75) is 6.54 Å². The van der Waals surface area contributed by atoms with E-state index >= 15 is 0 Å². The molecule has 0 aliphatic carbocycles. The van der Waals surface area contributed by atoms with Crippen LogP contribution in [0.4, 0.5) is 0 Å². The Labute approximate surface area is 123 Å². The third-order valence-electron chi connectivity index (χ3n) is 2.79. The first kappa shape index (κ1) is 17.1. The minimum absolute atomic E-state index is 0.0288. The number of rotatable bonds is 8. The SMILES string of the molecule is COCCN(CC(=O)N(C)C)C(=O)c1cn(CCN)nn1. The first-order valence-corrected chi connectivity index (χ1v) is 6.58. The quantitative estimate of drug-likeness (QED) is 0.620. The Balaban J connectivity index is 2.79. The lowest BCUT2D eigenvalue weighted by molar-refractivity contribution is -0.129. The molecule has 2 N–H and O–H groups in total. The fourth-order valence-corrected chi connectivity index (χ4v) is 1.56. The highest BCUT2D eigenvalue weighted by Crippen LogP contribution is 2.02. The second-order valence-electron chi connectivity index (χ2n) is 4.66. The number of ether oxygens (including phenoxy) is 1. The number of hydrogen-bond acceptors (Lipinski definition) is 6. The number of nitrogens with two attached hydrogens (primary N) is 1. The molecule has 9 heteroatoms. The molecule has 0 fully saturated rings. The minimum Gasteiger partial charge on any atom is -0.383 e. The number of hydrogen-bond donors (Lipinski definition) is 1. The predicted molar refractivity (Wildman–Crippen MR) is 75.5 cm³/mol. The molecule has 0 unspecified atom stereocenters. The molecule has 0 aliphatic heterocycles. The second-order valence-corrected chi connectivity index (χ2v) is 4.66. The molecule has 1 heterocycles. The lowest BCUT2D eigenvalue weighted by Crippen LogP contribution is -2.42. The number of nitrogens with zero attached hydrogens (tertiary/aromatic N) is 5. The summed E-state index contributed by atoms with van der Waals surface area (Å²) in [5.74, 6) is -0.528. The molecule has 0 aliphatic rings. The molecule has 0 spiro atoms. The van der Waals surface area contributed by atoms with Gasteiger partial charge in [-0.1, -0.05) is 5.21 Å². The van der Waals surface area contributed by atoms with Gasteiger partial charge in [-0.05, 0) is 0 Å². The average Bonchev–Trinajstić information content (AvgIpc) is 2.91. The zero-order valence-corrected chi connectivity index (χ0v) is 12.7. The van der Waals surface area contributed by atoms with Crippen LogP contribution in [0, 0.1) is 0 Å². The summed E-state index contributed by atoms with van der Waals surface area (Å²) < 4.78 is 6.46. The van der Waals surface area contributed by atoms with Crippen molar-refractivity contribution in [3.63, 3.8) is 0 Å².